The summed E-state index contributed by atoms with van der Waals surface area (Å²) in [7, 11) is 0. The molecule has 7 heteroatoms. The summed E-state index contributed by atoms with van der Waals surface area (Å²) >= 11 is 0. The fourth-order valence-electron chi connectivity index (χ4n) is 5.35. The molecule has 0 bridgehead atoms. The SMILES string of the molecule is CCC1C=C(C(C)(C)C)C=C(C(C)C(C)CC(=O)c2cc(C(F)(F)F)ccc2OCC(C)(C)O)N1CC1CCC1. The molecule has 40 heavy (non-hydrogen) atoms. The molecule has 2 aliphatic rings. The second kappa shape index (κ2) is 12.3. The van der Waals surface area contributed by atoms with Gasteiger partial charge in [-0.2, -0.15) is 13.2 Å². The highest BCUT2D eigenvalue weighted by atomic mass is 19.4. The van der Waals surface area contributed by atoms with Gasteiger partial charge in [0, 0.05) is 24.7 Å². The highest BCUT2D eigenvalue weighted by molar-refractivity contribution is 5.99. The smallest absolute Gasteiger partial charge is 0.416 e. The molecule has 3 rings (SSSR count). The normalized spacial score (nSPS) is 20.4. The first-order chi connectivity index (χ1) is 18.4. The molecule has 0 aromatic heterocycles. The standard InChI is InChI=1S/C33H48F3NO3/c1-9-26-16-25(31(4,5)6)18-28(37(26)19-23-11-10-12-23)22(3)21(2)15-29(38)27-17-24(33(34,35)36)13-14-30(27)40-20-32(7,8)39/h13-14,16-18,21-23,26,39H,9-12,15,19-20H2,1-8H3. The van der Waals surface area contributed by atoms with Crippen LogP contribution in [-0.2, 0) is 6.18 Å². The number of hydrogen-bond acceptors (Lipinski definition) is 4. The molecule has 0 radical (unpaired) electrons. The van der Waals surface area contributed by atoms with Crippen molar-refractivity contribution < 1.29 is 27.8 Å². The fourth-order valence-corrected chi connectivity index (χ4v) is 5.35. The number of Topliss-reactive ketones (excluding diaryl/α,β-unsaturated/α-hetero) is 1. The lowest BCUT2D eigenvalue weighted by molar-refractivity contribution is -0.137. The minimum atomic E-state index is -4.58. The summed E-state index contributed by atoms with van der Waals surface area (Å²) in [6, 6.07) is 3.27. The molecule has 1 N–H and O–H groups in total. The van der Waals surface area contributed by atoms with E-state index >= 15 is 0 Å². The predicted octanol–water partition coefficient (Wildman–Crippen LogP) is 8.45. The Kier molecular flexibility index (Phi) is 9.91. The topological polar surface area (TPSA) is 49.8 Å². The number of carbonyl (C=O) groups excluding carboxylic acids is 1. The third kappa shape index (κ3) is 8.14. The highest BCUT2D eigenvalue weighted by Gasteiger charge is 2.36. The number of halogens is 3. The van der Waals surface area contributed by atoms with Gasteiger partial charge in [-0.15, -0.1) is 0 Å². The Bertz CT molecular complexity index is 1100. The van der Waals surface area contributed by atoms with Gasteiger partial charge >= 0.3 is 6.18 Å². The van der Waals surface area contributed by atoms with Crippen LogP contribution < -0.4 is 4.74 Å². The molecular formula is C33H48F3NO3. The van der Waals surface area contributed by atoms with Gasteiger partial charge < -0.3 is 14.7 Å². The van der Waals surface area contributed by atoms with E-state index in [1.165, 1.54) is 36.6 Å². The van der Waals surface area contributed by atoms with Gasteiger partial charge in [-0.25, -0.2) is 0 Å². The van der Waals surface area contributed by atoms with Gasteiger partial charge in [-0.1, -0.05) is 54.0 Å². The van der Waals surface area contributed by atoms with Crippen LogP contribution in [0.25, 0.3) is 0 Å². The van der Waals surface area contributed by atoms with Crippen LogP contribution in [0.1, 0.15) is 103 Å². The third-order valence-corrected chi connectivity index (χ3v) is 8.39. The highest BCUT2D eigenvalue weighted by Crippen LogP contribution is 2.41. The number of carbonyl (C=O) groups is 1. The second-order valence-corrected chi connectivity index (χ2v) is 13.6. The second-order valence-electron chi connectivity index (χ2n) is 13.6. The van der Waals surface area contributed by atoms with Crippen LogP contribution >= 0.6 is 0 Å². The molecular weight excluding hydrogens is 515 g/mol. The number of benzene rings is 1. The van der Waals surface area contributed by atoms with Gasteiger partial charge in [0.1, 0.15) is 12.4 Å². The maximum Gasteiger partial charge on any atom is 0.416 e. The van der Waals surface area contributed by atoms with Crippen LogP contribution in [-0.4, -0.2) is 40.6 Å². The molecule has 0 saturated heterocycles. The number of allylic oxidation sites excluding steroid dienone is 3. The molecule has 0 amide bonds. The average Bonchev–Trinajstić information content (AvgIpc) is 2.82. The van der Waals surface area contributed by atoms with Crippen molar-refractivity contribution in [3.05, 3.63) is 52.7 Å². The number of hydrogen-bond donors (Lipinski definition) is 1. The molecule has 1 aliphatic carbocycles. The molecule has 1 heterocycles. The molecule has 1 fully saturated rings. The molecule has 1 aromatic carbocycles. The van der Waals surface area contributed by atoms with Crippen molar-refractivity contribution in [1.29, 1.82) is 0 Å². The largest absolute Gasteiger partial charge is 0.490 e. The summed E-state index contributed by atoms with van der Waals surface area (Å²) in [5.74, 6) is 0.253. The van der Waals surface area contributed by atoms with E-state index in [0.717, 1.165) is 25.1 Å². The number of ether oxygens (including phenoxy) is 1. The fraction of sp³-hybridized carbons (Fsp3) is 0.667. The van der Waals surface area contributed by atoms with Crippen LogP contribution in [0.2, 0.25) is 0 Å². The van der Waals surface area contributed by atoms with Crippen molar-refractivity contribution in [2.24, 2.45) is 23.2 Å². The maximum absolute atomic E-state index is 13.6. The molecule has 224 valence electrons. The van der Waals surface area contributed by atoms with E-state index in [1.54, 1.807) is 13.8 Å². The van der Waals surface area contributed by atoms with Gasteiger partial charge in [-0.05, 0) is 86.1 Å². The Hall–Kier alpha value is -2.28. The van der Waals surface area contributed by atoms with Crippen LogP contribution in [0.5, 0.6) is 5.75 Å². The molecule has 0 spiro atoms. The zero-order chi connectivity index (χ0) is 30.0. The van der Waals surface area contributed by atoms with Crippen LogP contribution in [0.4, 0.5) is 13.2 Å². The van der Waals surface area contributed by atoms with Crippen molar-refractivity contribution in [2.45, 2.75) is 105 Å². The van der Waals surface area contributed by atoms with Gasteiger partial charge in [0.05, 0.1) is 16.7 Å². The average molecular weight is 564 g/mol. The van der Waals surface area contributed by atoms with Crippen molar-refractivity contribution >= 4 is 5.78 Å². The number of alkyl halides is 3. The lowest BCUT2D eigenvalue weighted by Gasteiger charge is -2.45. The molecule has 3 atom stereocenters. The monoisotopic (exact) mass is 563 g/mol. The number of aliphatic hydroxyl groups is 1. The summed E-state index contributed by atoms with van der Waals surface area (Å²) < 4.78 is 46.3. The molecule has 1 saturated carbocycles. The summed E-state index contributed by atoms with van der Waals surface area (Å²) in [4.78, 5) is 16.1. The first kappa shape index (κ1) is 32.2. The van der Waals surface area contributed by atoms with E-state index in [1.807, 2.05) is 6.92 Å². The Balaban J connectivity index is 1.90. The first-order valence-electron chi connectivity index (χ1n) is 14.7. The minimum absolute atomic E-state index is 0.0231. The molecule has 1 aromatic rings. The Morgan fingerprint density at radius 1 is 1.12 bits per heavy atom. The molecule has 3 unspecified atom stereocenters. The van der Waals surface area contributed by atoms with Gasteiger partial charge in [0.25, 0.3) is 0 Å². The summed E-state index contributed by atoms with van der Waals surface area (Å²) in [6.07, 6.45) is 4.91. The summed E-state index contributed by atoms with van der Waals surface area (Å²) in [5.41, 5.74) is 0.295. The van der Waals surface area contributed by atoms with Crippen molar-refractivity contribution in [1.82, 2.24) is 4.90 Å². The Labute approximate surface area is 238 Å². The van der Waals surface area contributed by atoms with Gasteiger partial charge in [0.2, 0.25) is 0 Å². The van der Waals surface area contributed by atoms with Crippen LogP contribution in [0.3, 0.4) is 0 Å². The Morgan fingerprint density at radius 3 is 2.27 bits per heavy atom. The van der Waals surface area contributed by atoms with E-state index in [-0.39, 0.29) is 47.6 Å². The van der Waals surface area contributed by atoms with Crippen LogP contribution in [0.15, 0.2) is 41.6 Å². The maximum atomic E-state index is 13.6. The number of rotatable bonds is 11. The summed E-state index contributed by atoms with van der Waals surface area (Å²) in [5, 5.41) is 10.1. The van der Waals surface area contributed by atoms with Gasteiger partial charge in [0.15, 0.2) is 5.78 Å². The van der Waals surface area contributed by atoms with E-state index in [9.17, 15) is 23.1 Å². The van der Waals surface area contributed by atoms with E-state index in [4.69, 9.17) is 4.74 Å². The van der Waals surface area contributed by atoms with Crippen LogP contribution in [0, 0.1) is 23.2 Å². The van der Waals surface area contributed by atoms with Crippen molar-refractivity contribution in [3.8, 4) is 5.75 Å². The quantitative estimate of drug-likeness (QED) is 0.275. The lowest BCUT2D eigenvalue weighted by atomic mass is 9.77. The lowest BCUT2D eigenvalue weighted by Crippen LogP contribution is -2.43. The van der Waals surface area contributed by atoms with Gasteiger partial charge in [-0.3, -0.25) is 4.79 Å². The first-order valence-corrected chi connectivity index (χ1v) is 14.7. The zero-order valence-corrected chi connectivity index (χ0v) is 25.5. The Morgan fingerprint density at radius 2 is 1.77 bits per heavy atom. The van der Waals surface area contributed by atoms with Crippen molar-refractivity contribution in [3.63, 3.8) is 0 Å². The predicted molar refractivity (Wildman–Crippen MR) is 154 cm³/mol. The van der Waals surface area contributed by atoms with Crippen molar-refractivity contribution in [2.75, 3.05) is 13.2 Å². The number of nitrogens with zero attached hydrogens (tertiary/aromatic N) is 1. The third-order valence-electron chi connectivity index (χ3n) is 8.39. The number of ketones is 1. The molecule has 4 nitrogen and oxygen atoms in total. The van der Waals surface area contributed by atoms with E-state index in [0.29, 0.717) is 5.92 Å². The molecule has 1 aliphatic heterocycles. The zero-order valence-electron chi connectivity index (χ0n) is 25.5. The van der Waals surface area contributed by atoms with E-state index < -0.39 is 23.1 Å². The minimum Gasteiger partial charge on any atom is -0.490 e. The summed E-state index contributed by atoms with van der Waals surface area (Å²) in [6.45, 7) is 16.9. The van der Waals surface area contributed by atoms with E-state index in [2.05, 4.69) is 51.7 Å².